The summed E-state index contributed by atoms with van der Waals surface area (Å²) in [4.78, 5) is 21.5. The molecule has 1 aromatic heterocycles. The molecule has 0 unspecified atom stereocenters. The van der Waals surface area contributed by atoms with Crippen molar-refractivity contribution >= 4 is 17.3 Å². The van der Waals surface area contributed by atoms with E-state index in [1.54, 1.807) is 11.0 Å². The normalized spacial score (nSPS) is 14.7. The quantitative estimate of drug-likeness (QED) is 0.684. The molecule has 4 rings (SSSR count). The van der Waals surface area contributed by atoms with Gasteiger partial charge in [0.25, 0.3) is 5.91 Å². The SMILES string of the molecule is CCN1CCN(c2ccc(NC(=O)c3ccc(Cn4cncn4)cc3)cc2C)CC1. The van der Waals surface area contributed by atoms with Crippen LogP contribution in [0.2, 0.25) is 0 Å². The highest BCUT2D eigenvalue weighted by molar-refractivity contribution is 6.04. The topological polar surface area (TPSA) is 66.3 Å². The third kappa shape index (κ3) is 4.68. The van der Waals surface area contributed by atoms with E-state index in [-0.39, 0.29) is 5.91 Å². The number of carbonyl (C=O) groups is 1. The van der Waals surface area contributed by atoms with Crippen LogP contribution in [0.1, 0.15) is 28.4 Å². The number of aryl methyl sites for hydroxylation is 1. The average Bonchev–Trinajstić information content (AvgIpc) is 3.27. The molecule has 7 heteroatoms. The van der Waals surface area contributed by atoms with Crippen LogP contribution in [0.25, 0.3) is 0 Å². The molecule has 1 amide bonds. The van der Waals surface area contributed by atoms with Crippen LogP contribution in [0.5, 0.6) is 0 Å². The number of nitrogens with zero attached hydrogens (tertiary/aromatic N) is 5. The lowest BCUT2D eigenvalue weighted by atomic mass is 10.1. The fourth-order valence-electron chi connectivity index (χ4n) is 3.86. The Kier molecular flexibility index (Phi) is 6.09. The third-order valence-electron chi connectivity index (χ3n) is 5.64. The first-order valence-electron chi connectivity index (χ1n) is 10.4. The van der Waals surface area contributed by atoms with E-state index in [0.29, 0.717) is 12.1 Å². The van der Waals surface area contributed by atoms with Crippen LogP contribution in [0.3, 0.4) is 0 Å². The number of hydrogen-bond donors (Lipinski definition) is 1. The maximum Gasteiger partial charge on any atom is 0.255 e. The minimum Gasteiger partial charge on any atom is -0.369 e. The zero-order valence-corrected chi connectivity index (χ0v) is 17.6. The molecule has 2 heterocycles. The number of anilines is 2. The lowest BCUT2D eigenvalue weighted by Gasteiger charge is -2.36. The first-order chi connectivity index (χ1) is 14.6. The standard InChI is InChI=1S/C23H28N6O/c1-3-27-10-12-28(13-11-27)22-9-8-21(14-18(22)2)26-23(30)20-6-4-19(5-7-20)15-29-17-24-16-25-29/h4-9,14,16-17H,3,10-13,15H2,1-2H3,(H,26,30). The fourth-order valence-corrected chi connectivity index (χ4v) is 3.86. The van der Waals surface area contributed by atoms with Gasteiger partial charge in [0, 0.05) is 43.1 Å². The van der Waals surface area contributed by atoms with Gasteiger partial charge in [-0.15, -0.1) is 0 Å². The molecule has 1 aliphatic heterocycles. The summed E-state index contributed by atoms with van der Waals surface area (Å²) in [7, 11) is 0. The van der Waals surface area contributed by atoms with Gasteiger partial charge >= 0.3 is 0 Å². The van der Waals surface area contributed by atoms with Crippen LogP contribution in [-0.2, 0) is 6.54 Å². The van der Waals surface area contributed by atoms with E-state index in [0.717, 1.165) is 44.0 Å². The van der Waals surface area contributed by atoms with Crippen molar-refractivity contribution in [1.82, 2.24) is 19.7 Å². The number of rotatable bonds is 6. The van der Waals surface area contributed by atoms with Crippen molar-refractivity contribution in [2.75, 3.05) is 42.9 Å². The first kappa shape index (κ1) is 20.1. The molecule has 1 saturated heterocycles. The molecule has 0 radical (unpaired) electrons. The Morgan fingerprint density at radius 3 is 2.47 bits per heavy atom. The lowest BCUT2D eigenvalue weighted by Crippen LogP contribution is -2.46. The summed E-state index contributed by atoms with van der Waals surface area (Å²) >= 11 is 0. The second-order valence-electron chi connectivity index (χ2n) is 7.67. The van der Waals surface area contributed by atoms with Gasteiger partial charge in [0.2, 0.25) is 0 Å². The van der Waals surface area contributed by atoms with Crippen LogP contribution in [0.15, 0.2) is 55.1 Å². The number of likely N-dealkylation sites (N-methyl/N-ethyl adjacent to an activating group) is 1. The van der Waals surface area contributed by atoms with E-state index in [4.69, 9.17) is 0 Å². The van der Waals surface area contributed by atoms with E-state index >= 15 is 0 Å². The maximum atomic E-state index is 12.7. The molecule has 0 aliphatic carbocycles. The van der Waals surface area contributed by atoms with Crippen LogP contribution < -0.4 is 10.2 Å². The van der Waals surface area contributed by atoms with Crippen LogP contribution in [-0.4, -0.2) is 58.3 Å². The Morgan fingerprint density at radius 2 is 1.83 bits per heavy atom. The monoisotopic (exact) mass is 404 g/mol. The summed E-state index contributed by atoms with van der Waals surface area (Å²) in [6.45, 7) is 10.3. The molecular weight excluding hydrogens is 376 g/mol. The number of benzene rings is 2. The minimum atomic E-state index is -0.106. The van der Waals surface area contributed by atoms with Crippen molar-refractivity contribution < 1.29 is 4.79 Å². The molecule has 156 valence electrons. The molecule has 0 bridgehead atoms. The molecule has 0 spiro atoms. The highest BCUT2D eigenvalue weighted by Crippen LogP contribution is 2.25. The van der Waals surface area contributed by atoms with Crippen LogP contribution >= 0.6 is 0 Å². The number of aromatic nitrogens is 3. The van der Waals surface area contributed by atoms with Gasteiger partial charge in [-0.1, -0.05) is 19.1 Å². The predicted octanol–water partition coefficient (Wildman–Crippen LogP) is 3.03. The molecular formula is C23H28N6O. The van der Waals surface area contributed by atoms with Crippen LogP contribution in [0, 0.1) is 6.92 Å². The Hall–Kier alpha value is -3.19. The van der Waals surface area contributed by atoms with Crippen LogP contribution in [0.4, 0.5) is 11.4 Å². The minimum absolute atomic E-state index is 0.106. The number of carbonyl (C=O) groups excluding carboxylic acids is 1. The van der Waals surface area contributed by atoms with Crippen molar-refractivity contribution in [2.45, 2.75) is 20.4 Å². The zero-order chi connectivity index (χ0) is 20.9. The summed E-state index contributed by atoms with van der Waals surface area (Å²) in [5.41, 5.74) is 4.96. The van der Waals surface area contributed by atoms with Crippen molar-refractivity contribution in [1.29, 1.82) is 0 Å². The summed E-state index contributed by atoms with van der Waals surface area (Å²) in [5, 5.41) is 7.12. The van der Waals surface area contributed by atoms with E-state index in [1.165, 1.54) is 17.6 Å². The van der Waals surface area contributed by atoms with Gasteiger partial charge in [-0.25, -0.2) is 9.67 Å². The number of hydrogen-bond acceptors (Lipinski definition) is 5. The van der Waals surface area contributed by atoms with E-state index in [1.807, 2.05) is 30.3 Å². The van der Waals surface area contributed by atoms with E-state index in [2.05, 4.69) is 51.2 Å². The smallest absolute Gasteiger partial charge is 0.255 e. The van der Waals surface area contributed by atoms with E-state index < -0.39 is 0 Å². The van der Waals surface area contributed by atoms with Gasteiger partial charge < -0.3 is 15.1 Å². The van der Waals surface area contributed by atoms with Gasteiger partial charge in [0.15, 0.2) is 0 Å². The van der Waals surface area contributed by atoms with Crippen molar-refractivity contribution in [2.24, 2.45) is 0 Å². The third-order valence-corrected chi connectivity index (χ3v) is 5.64. The Labute approximate surface area is 177 Å². The van der Waals surface area contributed by atoms with Gasteiger partial charge in [0.05, 0.1) is 6.54 Å². The fraction of sp³-hybridized carbons (Fsp3) is 0.348. The number of piperazine rings is 1. The molecule has 1 aliphatic rings. The largest absolute Gasteiger partial charge is 0.369 e. The van der Waals surface area contributed by atoms with Crippen molar-refractivity contribution in [3.63, 3.8) is 0 Å². The number of amides is 1. The Bertz CT molecular complexity index is 975. The van der Waals surface area contributed by atoms with Gasteiger partial charge in [-0.3, -0.25) is 4.79 Å². The Morgan fingerprint density at radius 1 is 1.07 bits per heavy atom. The molecule has 0 saturated carbocycles. The number of nitrogens with one attached hydrogen (secondary N) is 1. The molecule has 0 atom stereocenters. The summed E-state index contributed by atoms with van der Waals surface area (Å²) in [6.07, 6.45) is 3.19. The molecule has 3 aromatic rings. The first-order valence-corrected chi connectivity index (χ1v) is 10.4. The molecule has 7 nitrogen and oxygen atoms in total. The van der Waals surface area contributed by atoms with Crippen molar-refractivity contribution in [3.05, 3.63) is 71.8 Å². The summed E-state index contributed by atoms with van der Waals surface area (Å²) in [6, 6.07) is 13.7. The second-order valence-corrected chi connectivity index (χ2v) is 7.67. The maximum absolute atomic E-state index is 12.7. The van der Waals surface area contributed by atoms with Gasteiger partial charge in [0.1, 0.15) is 12.7 Å². The Balaban J connectivity index is 1.38. The molecule has 1 fully saturated rings. The molecule has 2 aromatic carbocycles. The zero-order valence-electron chi connectivity index (χ0n) is 17.6. The van der Waals surface area contributed by atoms with E-state index in [9.17, 15) is 4.79 Å². The summed E-state index contributed by atoms with van der Waals surface area (Å²) in [5.74, 6) is -0.106. The summed E-state index contributed by atoms with van der Waals surface area (Å²) < 4.78 is 1.75. The highest BCUT2D eigenvalue weighted by atomic mass is 16.1. The highest BCUT2D eigenvalue weighted by Gasteiger charge is 2.17. The molecule has 30 heavy (non-hydrogen) atoms. The van der Waals surface area contributed by atoms with Crippen molar-refractivity contribution in [3.8, 4) is 0 Å². The van der Waals surface area contributed by atoms with Gasteiger partial charge in [-0.2, -0.15) is 5.10 Å². The molecule has 1 N–H and O–H groups in total. The average molecular weight is 405 g/mol. The predicted molar refractivity (Wildman–Crippen MR) is 119 cm³/mol. The second kappa shape index (κ2) is 9.09. The lowest BCUT2D eigenvalue weighted by molar-refractivity contribution is 0.102. The van der Waals surface area contributed by atoms with Gasteiger partial charge in [-0.05, 0) is 54.9 Å².